The molecule has 0 spiro atoms. The second-order valence-electron chi connectivity index (χ2n) is 4.80. The minimum absolute atomic E-state index is 0.792. The van der Waals surface area contributed by atoms with Crippen LogP contribution in [0.1, 0.15) is 26.7 Å². The first kappa shape index (κ1) is 11.0. The molecule has 0 radical (unpaired) electrons. The quantitative estimate of drug-likeness (QED) is 0.718. The van der Waals surface area contributed by atoms with E-state index in [9.17, 15) is 0 Å². The van der Waals surface area contributed by atoms with Crippen molar-refractivity contribution in [2.75, 3.05) is 26.7 Å². The van der Waals surface area contributed by atoms with Crippen molar-refractivity contribution in [1.82, 2.24) is 4.90 Å². The smallest absolute Gasteiger partial charge is 0.000984 e. The van der Waals surface area contributed by atoms with Gasteiger partial charge in [-0.05, 0) is 50.7 Å². The molecule has 2 nitrogen and oxygen atoms in total. The molecule has 1 aliphatic heterocycles. The van der Waals surface area contributed by atoms with Gasteiger partial charge in [0.2, 0.25) is 0 Å². The van der Waals surface area contributed by atoms with E-state index in [1.807, 2.05) is 0 Å². The van der Waals surface area contributed by atoms with E-state index in [0.29, 0.717) is 0 Å². The maximum absolute atomic E-state index is 5.66. The lowest BCUT2D eigenvalue weighted by Gasteiger charge is -2.26. The summed E-state index contributed by atoms with van der Waals surface area (Å²) < 4.78 is 0. The highest BCUT2D eigenvalue weighted by atomic mass is 15.1. The molecular formula is C11H24N2. The molecule has 0 saturated carbocycles. The standard InChI is InChI=1S/C11H24N2/c1-9(2)11(4-6-12)10-5-7-13(3)8-10/h9-11H,4-8,12H2,1-3H3. The van der Waals surface area contributed by atoms with Crippen LogP contribution in [0.3, 0.4) is 0 Å². The van der Waals surface area contributed by atoms with E-state index in [1.165, 1.54) is 25.9 Å². The summed E-state index contributed by atoms with van der Waals surface area (Å²) in [7, 11) is 2.22. The predicted octanol–water partition coefficient (Wildman–Crippen LogP) is 1.56. The van der Waals surface area contributed by atoms with Crippen LogP contribution < -0.4 is 5.73 Å². The van der Waals surface area contributed by atoms with Gasteiger partial charge in [-0.3, -0.25) is 0 Å². The fourth-order valence-corrected chi connectivity index (χ4v) is 2.62. The Kier molecular flexibility index (Phi) is 4.20. The molecular weight excluding hydrogens is 160 g/mol. The molecule has 13 heavy (non-hydrogen) atoms. The third-order valence-corrected chi connectivity index (χ3v) is 3.39. The Labute approximate surface area is 82.5 Å². The first-order chi connectivity index (χ1) is 6.15. The van der Waals surface area contributed by atoms with Crippen molar-refractivity contribution in [1.29, 1.82) is 0 Å². The molecule has 1 rings (SSSR count). The monoisotopic (exact) mass is 184 g/mol. The van der Waals surface area contributed by atoms with Gasteiger partial charge in [0.25, 0.3) is 0 Å². The topological polar surface area (TPSA) is 29.3 Å². The molecule has 1 fully saturated rings. The van der Waals surface area contributed by atoms with Crippen molar-refractivity contribution in [3.63, 3.8) is 0 Å². The van der Waals surface area contributed by atoms with Crippen LogP contribution in [0.2, 0.25) is 0 Å². The average molecular weight is 184 g/mol. The van der Waals surface area contributed by atoms with Crippen LogP contribution in [-0.2, 0) is 0 Å². The van der Waals surface area contributed by atoms with Crippen molar-refractivity contribution in [3.8, 4) is 0 Å². The van der Waals surface area contributed by atoms with Crippen LogP contribution in [-0.4, -0.2) is 31.6 Å². The van der Waals surface area contributed by atoms with Crippen LogP contribution in [0.5, 0.6) is 0 Å². The number of rotatable bonds is 4. The number of nitrogens with two attached hydrogens (primary N) is 1. The summed E-state index contributed by atoms with van der Waals surface area (Å²) >= 11 is 0. The van der Waals surface area contributed by atoms with E-state index < -0.39 is 0 Å². The largest absolute Gasteiger partial charge is 0.330 e. The van der Waals surface area contributed by atoms with Gasteiger partial charge in [0.15, 0.2) is 0 Å². The Morgan fingerprint density at radius 2 is 2.15 bits per heavy atom. The third kappa shape index (κ3) is 2.96. The van der Waals surface area contributed by atoms with E-state index in [2.05, 4.69) is 25.8 Å². The van der Waals surface area contributed by atoms with Gasteiger partial charge >= 0.3 is 0 Å². The summed E-state index contributed by atoms with van der Waals surface area (Å²) in [4.78, 5) is 2.44. The van der Waals surface area contributed by atoms with Crippen molar-refractivity contribution >= 4 is 0 Å². The highest BCUT2D eigenvalue weighted by Gasteiger charge is 2.28. The van der Waals surface area contributed by atoms with Crippen LogP contribution >= 0.6 is 0 Å². The number of nitrogens with zero attached hydrogens (tertiary/aromatic N) is 1. The van der Waals surface area contributed by atoms with E-state index in [1.54, 1.807) is 0 Å². The van der Waals surface area contributed by atoms with Crippen LogP contribution in [0.15, 0.2) is 0 Å². The minimum Gasteiger partial charge on any atom is -0.330 e. The van der Waals surface area contributed by atoms with Crippen molar-refractivity contribution in [2.45, 2.75) is 26.7 Å². The van der Waals surface area contributed by atoms with E-state index in [-0.39, 0.29) is 0 Å². The highest BCUT2D eigenvalue weighted by molar-refractivity contribution is 4.81. The molecule has 2 atom stereocenters. The molecule has 0 bridgehead atoms. The lowest BCUT2D eigenvalue weighted by atomic mass is 9.80. The lowest BCUT2D eigenvalue weighted by Crippen LogP contribution is -2.25. The van der Waals surface area contributed by atoms with Gasteiger partial charge in [-0.1, -0.05) is 13.8 Å². The molecule has 1 saturated heterocycles. The Morgan fingerprint density at radius 3 is 2.54 bits per heavy atom. The van der Waals surface area contributed by atoms with Crippen LogP contribution in [0.25, 0.3) is 0 Å². The van der Waals surface area contributed by atoms with Gasteiger partial charge < -0.3 is 10.6 Å². The van der Waals surface area contributed by atoms with Gasteiger partial charge in [-0.15, -0.1) is 0 Å². The van der Waals surface area contributed by atoms with E-state index >= 15 is 0 Å². The lowest BCUT2D eigenvalue weighted by molar-refractivity contribution is 0.240. The van der Waals surface area contributed by atoms with Crippen molar-refractivity contribution < 1.29 is 0 Å². The molecule has 2 unspecified atom stereocenters. The Hall–Kier alpha value is -0.0800. The molecule has 1 heterocycles. The molecule has 0 aliphatic carbocycles. The van der Waals surface area contributed by atoms with Crippen molar-refractivity contribution in [3.05, 3.63) is 0 Å². The highest BCUT2D eigenvalue weighted by Crippen LogP contribution is 2.30. The number of likely N-dealkylation sites (tertiary alicyclic amines) is 1. The molecule has 0 aromatic heterocycles. The SMILES string of the molecule is CC(C)C(CCN)C1CCN(C)C1. The molecule has 1 aliphatic rings. The Bertz CT molecular complexity index is 145. The van der Waals surface area contributed by atoms with Crippen LogP contribution in [0, 0.1) is 17.8 Å². The van der Waals surface area contributed by atoms with Gasteiger partial charge in [-0.2, -0.15) is 0 Å². The zero-order valence-corrected chi connectivity index (χ0v) is 9.29. The fraction of sp³-hybridized carbons (Fsp3) is 1.00. The predicted molar refractivity (Wildman–Crippen MR) is 57.6 cm³/mol. The molecule has 0 aromatic carbocycles. The summed E-state index contributed by atoms with van der Waals surface area (Å²) in [5, 5.41) is 0. The molecule has 2 N–H and O–H groups in total. The Morgan fingerprint density at radius 1 is 1.46 bits per heavy atom. The van der Waals surface area contributed by atoms with Gasteiger partial charge in [0.1, 0.15) is 0 Å². The fourth-order valence-electron chi connectivity index (χ4n) is 2.62. The molecule has 2 heteroatoms. The summed E-state index contributed by atoms with van der Waals surface area (Å²) in [5.41, 5.74) is 5.66. The molecule has 78 valence electrons. The third-order valence-electron chi connectivity index (χ3n) is 3.39. The van der Waals surface area contributed by atoms with Gasteiger partial charge in [0.05, 0.1) is 0 Å². The average Bonchev–Trinajstić information content (AvgIpc) is 2.46. The summed E-state index contributed by atoms with van der Waals surface area (Å²) in [5.74, 6) is 2.53. The summed E-state index contributed by atoms with van der Waals surface area (Å²) in [6, 6.07) is 0. The summed E-state index contributed by atoms with van der Waals surface area (Å²) in [6.45, 7) is 8.07. The first-order valence-corrected chi connectivity index (χ1v) is 5.53. The Balaban J connectivity index is 2.44. The van der Waals surface area contributed by atoms with Gasteiger partial charge in [-0.25, -0.2) is 0 Å². The van der Waals surface area contributed by atoms with E-state index in [4.69, 9.17) is 5.73 Å². The zero-order chi connectivity index (χ0) is 9.84. The minimum atomic E-state index is 0.792. The number of hydrogen-bond acceptors (Lipinski definition) is 2. The summed E-state index contributed by atoms with van der Waals surface area (Å²) in [6.07, 6.45) is 2.58. The molecule has 0 aromatic rings. The second-order valence-corrected chi connectivity index (χ2v) is 4.80. The maximum atomic E-state index is 5.66. The van der Waals surface area contributed by atoms with Gasteiger partial charge in [0, 0.05) is 6.54 Å². The normalized spacial score (nSPS) is 27.0. The van der Waals surface area contributed by atoms with Crippen molar-refractivity contribution in [2.24, 2.45) is 23.5 Å². The maximum Gasteiger partial charge on any atom is 0.000984 e. The van der Waals surface area contributed by atoms with E-state index in [0.717, 1.165) is 24.3 Å². The zero-order valence-electron chi connectivity index (χ0n) is 9.29. The van der Waals surface area contributed by atoms with Crippen LogP contribution in [0.4, 0.5) is 0 Å². The molecule has 0 amide bonds. The first-order valence-electron chi connectivity index (χ1n) is 5.53. The number of hydrogen-bond donors (Lipinski definition) is 1. The second kappa shape index (κ2) is 4.97.